The van der Waals surface area contributed by atoms with E-state index in [4.69, 9.17) is 0 Å². The van der Waals surface area contributed by atoms with Crippen LogP contribution in [0.25, 0.3) is 0 Å². The first-order valence-electron chi connectivity index (χ1n) is 7.90. The number of hydrogen-bond donors (Lipinski definition) is 1. The number of anilines is 1. The van der Waals surface area contributed by atoms with Gasteiger partial charge in [-0.3, -0.25) is 9.48 Å². The normalized spacial score (nSPS) is 18.3. The second-order valence-electron chi connectivity index (χ2n) is 5.95. The molecule has 122 valence electrons. The molecule has 5 nitrogen and oxygen atoms in total. The van der Waals surface area contributed by atoms with E-state index in [1.54, 1.807) is 6.07 Å². The standard InChI is InChI=1S/C17H21FN4O/c1-13(23)19-17-8-11-22(20-17)15-7-10-21(12-15)9-6-14-4-2-3-5-16(14)18/h2-5,8,11,15H,6-7,9-10,12H2,1H3,(H,19,20,23)/t15-/m1/s1. The summed E-state index contributed by atoms with van der Waals surface area (Å²) >= 11 is 0. The van der Waals surface area contributed by atoms with Crippen molar-refractivity contribution in [3.8, 4) is 0 Å². The van der Waals surface area contributed by atoms with Gasteiger partial charge in [0.25, 0.3) is 0 Å². The maximum Gasteiger partial charge on any atom is 0.222 e. The highest BCUT2D eigenvalue weighted by Crippen LogP contribution is 2.22. The van der Waals surface area contributed by atoms with Crippen molar-refractivity contribution in [3.05, 3.63) is 47.9 Å². The van der Waals surface area contributed by atoms with Crippen LogP contribution in [-0.4, -0.2) is 40.2 Å². The summed E-state index contributed by atoms with van der Waals surface area (Å²) in [6.07, 6.45) is 3.63. The van der Waals surface area contributed by atoms with Gasteiger partial charge in [-0.05, 0) is 24.5 Å². The Kier molecular flexibility index (Phi) is 4.71. The van der Waals surface area contributed by atoms with Gasteiger partial charge in [0.15, 0.2) is 5.82 Å². The number of benzene rings is 1. The first kappa shape index (κ1) is 15.7. The Morgan fingerprint density at radius 2 is 2.22 bits per heavy atom. The molecule has 1 saturated heterocycles. The number of carbonyl (C=O) groups excluding carboxylic acids is 1. The molecular weight excluding hydrogens is 295 g/mol. The molecule has 1 aliphatic heterocycles. The number of amides is 1. The van der Waals surface area contributed by atoms with Gasteiger partial charge in [-0.15, -0.1) is 0 Å². The highest BCUT2D eigenvalue weighted by molar-refractivity contribution is 5.87. The highest BCUT2D eigenvalue weighted by Gasteiger charge is 2.24. The van der Waals surface area contributed by atoms with E-state index in [1.807, 2.05) is 29.1 Å². The van der Waals surface area contributed by atoms with Gasteiger partial charge >= 0.3 is 0 Å². The number of halogens is 1. The van der Waals surface area contributed by atoms with Crippen LogP contribution < -0.4 is 5.32 Å². The predicted molar refractivity (Wildman–Crippen MR) is 86.7 cm³/mol. The summed E-state index contributed by atoms with van der Waals surface area (Å²) in [5.41, 5.74) is 0.767. The van der Waals surface area contributed by atoms with E-state index in [0.717, 1.165) is 38.0 Å². The molecule has 2 aromatic rings. The van der Waals surface area contributed by atoms with Gasteiger partial charge in [0.1, 0.15) is 5.82 Å². The van der Waals surface area contributed by atoms with Crippen molar-refractivity contribution in [1.29, 1.82) is 0 Å². The Morgan fingerprint density at radius 1 is 1.39 bits per heavy atom. The molecular formula is C17H21FN4O. The topological polar surface area (TPSA) is 50.2 Å². The van der Waals surface area contributed by atoms with Gasteiger partial charge in [-0.2, -0.15) is 5.10 Å². The van der Waals surface area contributed by atoms with Crippen molar-refractivity contribution >= 4 is 11.7 Å². The molecule has 0 aliphatic carbocycles. The number of hydrogen-bond acceptors (Lipinski definition) is 3. The Balaban J connectivity index is 1.53. The summed E-state index contributed by atoms with van der Waals surface area (Å²) in [5, 5.41) is 7.08. The first-order valence-corrected chi connectivity index (χ1v) is 7.90. The third-order valence-corrected chi connectivity index (χ3v) is 4.19. The molecule has 0 radical (unpaired) electrons. The Bertz CT molecular complexity index is 685. The molecule has 1 aromatic heterocycles. The molecule has 0 bridgehead atoms. The van der Waals surface area contributed by atoms with E-state index in [2.05, 4.69) is 15.3 Å². The van der Waals surface area contributed by atoms with Crippen molar-refractivity contribution in [1.82, 2.24) is 14.7 Å². The van der Waals surface area contributed by atoms with Crippen LogP contribution in [0.3, 0.4) is 0 Å². The van der Waals surface area contributed by atoms with Crippen molar-refractivity contribution in [2.75, 3.05) is 25.0 Å². The number of likely N-dealkylation sites (tertiary alicyclic amines) is 1. The second-order valence-corrected chi connectivity index (χ2v) is 5.95. The molecule has 2 heterocycles. The maximum atomic E-state index is 13.6. The highest BCUT2D eigenvalue weighted by atomic mass is 19.1. The van der Waals surface area contributed by atoms with Crippen molar-refractivity contribution in [3.63, 3.8) is 0 Å². The van der Waals surface area contributed by atoms with E-state index in [9.17, 15) is 9.18 Å². The molecule has 23 heavy (non-hydrogen) atoms. The number of carbonyl (C=O) groups is 1. The van der Waals surface area contributed by atoms with Crippen LogP contribution in [0.5, 0.6) is 0 Å². The lowest BCUT2D eigenvalue weighted by Crippen LogP contribution is -2.24. The lowest BCUT2D eigenvalue weighted by atomic mass is 10.1. The van der Waals surface area contributed by atoms with Gasteiger partial charge in [0.2, 0.25) is 5.91 Å². The largest absolute Gasteiger partial charge is 0.309 e. The van der Waals surface area contributed by atoms with E-state index >= 15 is 0 Å². The molecule has 1 fully saturated rings. The second kappa shape index (κ2) is 6.91. The molecule has 3 rings (SSSR count). The zero-order valence-electron chi connectivity index (χ0n) is 13.2. The van der Waals surface area contributed by atoms with Crippen LogP contribution in [0.4, 0.5) is 10.2 Å². The molecule has 1 N–H and O–H groups in total. The van der Waals surface area contributed by atoms with Crippen LogP contribution >= 0.6 is 0 Å². The monoisotopic (exact) mass is 316 g/mol. The van der Waals surface area contributed by atoms with Crippen LogP contribution in [-0.2, 0) is 11.2 Å². The smallest absolute Gasteiger partial charge is 0.222 e. The number of rotatable bonds is 5. The fourth-order valence-electron chi connectivity index (χ4n) is 3.00. The Hall–Kier alpha value is -2.21. The molecule has 1 aliphatic rings. The van der Waals surface area contributed by atoms with Crippen molar-refractivity contribution in [2.45, 2.75) is 25.8 Å². The molecule has 1 aromatic carbocycles. The van der Waals surface area contributed by atoms with Crippen molar-refractivity contribution < 1.29 is 9.18 Å². The molecule has 0 unspecified atom stereocenters. The quantitative estimate of drug-likeness (QED) is 0.922. The SMILES string of the molecule is CC(=O)Nc1ccn([C@@H]2CCN(CCc3ccccc3F)C2)n1. The fourth-order valence-corrected chi connectivity index (χ4v) is 3.00. The third-order valence-electron chi connectivity index (χ3n) is 4.19. The van der Waals surface area contributed by atoms with Crippen LogP contribution in [0.2, 0.25) is 0 Å². The van der Waals surface area contributed by atoms with E-state index in [0.29, 0.717) is 11.9 Å². The number of nitrogens with one attached hydrogen (secondary N) is 1. The van der Waals surface area contributed by atoms with E-state index < -0.39 is 0 Å². The summed E-state index contributed by atoms with van der Waals surface area (Å²) in [7, 11) is 0. The van der Waals surface area contributed by atoms with Gasteiger partial charge in [-0.25, -0.2) is 4.39 Å². The van der Waals surface area contributed by atoms with Gasteiger partial charge in [0, 0.05) is 38.8 Å². The van der Waals surface area contributed by atoms with Crippen LogP contribution in [0.1, 0.15) is 24.9 Å². The maximum absolute atomic E-state index is 13.6. The molecule has 1 amide bonds. The number of aromatic nitrogens is 2. The van der Waals surface area contributed by atoms with Crippen molar-refractivity contribution in [2.24, 2.45) is 0 Å². The molecule has 1 atom stereocenters. The minimum absolute atomic E-state index is 0.117. The van der Waals surface area contributed by atoms with Crippen LogP contribution in [0.15, 0.2) is 36.5 Å². The Labute approximate surface area is 135 Å². The minimum Gasteiger partial charge on any atom is -0.309 e. The van der Waals surface area contributed by atoms with Gasteiger partial charge < -0.3 is 10.2 Å². The summed E-state index contributed by atoms with van der Waals surface area (Å²) in [5.74, 6) is 0.339. The molecule has 6 heteroatoms. The summed E-state index contributed by atoms with van der Waals surface area (Å²) in [4.78, 5) is 13.4. The summed E-state index contributed by atoms with van der Waals surface area (Å²) < 4.78 is 15.6. The van der Waals surface area contributed by atoms with E-state index in [1.165, 1.54) is 13.0 Å². The lowest BCUT2D eigenvalue weighted by Gasteiger charge is -2.16. The zero-order valence-corrected chi connectivity index (χ0v) is 13.2. The lowest BCUT2D eigenvalue weighted by molar-refractivity contribution is -0.114. The average Bonchev–Trinajstić information content (AvgIpc) is 3.15. The summed E-state index contributed by atoms with van der Waals surface area (Å²) in [6.45, 7) is 4.19. The first-order chi connectivity index (χ1) is 11.1. The third kappa shape index (κ3) is 3.96. The fraction of sp³-hybridized carbons (Fsp3) is 0.412. The Morgan fingerprint density at radius 3 is 3.00 bits per heavy atom. The predicted octanol–water partition coefficient (Wildman–Crippen LogP) is 2.47. The summed E-state index contributed by atoms with van der Waals surface area (Å²) in [6, 6.07) is 9.06. The number of nitrogens with zero attached hydrogens (tertiary/aromatic N) is 3. The molecule has 0 saturated carbocycles. The van der Waals surface area contributed by atoms with E-state index in [-0.39, 0.29) is 11.7 Å². The zero-order chi connectivity index (χ0) is 16.2. The minimum atomic E-state index is -0.129. The van der Waals surface area contributed by atoms with Crippen LogP contribution in [0, 0.1) is 5.82 Å². The van der Waals surface area contributed by atoms with Gasteiger partial charge in [0.05, 0.1) is 6.04 Å². The molecule has 0 spiro atoms. The average molecular weight is 316 g/mol. The van der Waals surface area contributed by atoms with Gasteiger partial charge in [-0.1, -0.05) is 18.2 Å².